The fourth-order valence-corrected chi connectivity index (χ4v) is 2.85. The molecule has 1 saturated carbocycles. The molecule has 1 aliphatic carbocycles. The highest BCUT2D eigenvalue weighted by Gasteiger charge is 2.25. The Kier molecular flexibility index (Phi) is 5.19. The van der Waals surface area contributed by atoms with Gasteiger partial charge in [-0.05, 0) is 33.2 Å². The lowest BCUT2D eigenvalue weighted by molar-refractivity contribution is 0.376. The summed E-state index contributed by atoms with van der Waals surface area (Å²) in [6.07, 6.45) is 6.48. The normalized spacial score (nSPS) is 18.5. The summed E-state index contributed by atoms with van der Waals surface area (Å²) in [5, 5.41) is 11.7. The molecule has 1 N–H and O–H groups in total. The van der Waals surface area contributed by atoms with Crippen molar-refractivity contribution in [3.8, 4) is 0 Å². The predicted molar refractivity (Wildman–Crippen MR) is 76.3 cm³/mol. The van der Waals surface area contributed by atoms with E-state index in [1.807, 2.05) is 0 Å². The number of nitrogens with one attached hydrogen (secondary N) is 1. The summed E-state index contributed by atoms with van der Waals surface area (Å²) in [6.45, 7) is 8.12. The van der Waals surface area contributed by atoms with E-state index in [1.165, 1.54) is 32.1 Å². The van der Waals surface area contributed by atoms with Gasteiger partial charge in [0.15, 0.2) is 0 Å². The zero-order chi connectivity index (χ0) is 13.7. The Bertz CT molecular complexity index is 373. The molecule has 0 saturated heterocycles. The van der Waals surface area contributed by atoms with Gasteiger partial charge in [-0.15, -0.1) is 5.10 Å². The van der Waals surface area contributed by atoms with Crippen LogP contribution >= 0.6 is 0 Å². The summed E-state index contributed by atoms with van der Waals surface area (Å²) in [5.41, 5.74) is 0. The largest absolute Gasteiger partial charge is 0.406 e. The minimum atomic E-state index is 0.122. The van der Waals surface area contributed by atoms with E-state index in [9.17, 15) is 0 Å². The molecule has 0 bridgehead atoms. The molecule has 0 radical (unpaired) electrons. The second-order valence-corrected chi connectivity index (χ2v) is 5.28. The fourth-order valence-electron chi connectivity index (χ4n) is 2.85. The number of aromatic nitrogens is 2. The topological polar surface area (TPSA) is 54.2 Å². The molecular formula is C14H26N4O. The maximum atomic E-state index is 5.85. The van der Waals surface area contributed by atoms with Gasteiger partial charge in [-0.25, -0.2) is 0 Å². The van der Waals surface area contributed by atoms with Crippen molar-refractivity contribution >= 4 is 6.01 Å². The van der Waals surface area contributed by atoms with E-state index >= 15 is 0 Å². The minimum Gasteiger partial charge on any atom is -0.406 e. The van der Waals surface area contributed by atoms with Crippen LogP contribution in [0.15, 0.2) is 4.42 Å². The average molecular weight is 266 g/mol. The Morgan fingerprint density at radius 1 is 1.26 bits per heavy atom. The Labute approximate surface area is 115 Å². The van der Waals surface area contributed by atoms with Gasteiger partial charge in [0.2, 0.25) is 5.89 Å². The molecule has 1 unspecified atom stereocenters. The molecule has 1 heterocycles. The van der Waals surface area contributed by atoms with Crippen LogP contribution in [-0.2, 0) is 0 Å². The quantitative estimate of drug-likeness (QED) is 0.858. The highest BCUT2D eigenvalue weighted by molar-refractivity contribution is 5.26. The SMILES string of the molecule is CCNC(C)c1nnc(N(CC)C2CCCCC2)o1. The smallest absolute Gasteiger partial charge is 0.318 e. The first-order chi connectivity index (χ1) is 9.26. The third kappa shape index (κ3) is 3.47. The van der Waals surface area contributed by atoms with Crippen LogP contribution < -0.4 is 10.2 Å². The Balaban J connectivity index is 2.06. The predicted octanol–water partition coefficient (Wildman–Crippen LogP) is 2.90. The molecule has 0 amide bonds. The number of hydrogen-bond donors (Lipinski definition) is 1. The third-order valence-electron chi connectivity index (χ3n) is 3.91. The van der Waals surface area contributed by atoms with Gasteiger partial charge in [0.05, 0.1) is 6.04 Å². The summed E-state index contributed by atoms with van der Waals surface area (Å²) in [7, 11) is 0. The third-order valence-corrected chi connectivity index (χ3v) is 3.91. The Morgan fingerprint density at radius 3 is 2.63 bits per heavy atom. The fraction of sp³-hybridized carbons (Fsp3) is 0.857. The molecule has 1 atom stereocenters. The number of nitrogens with zero attached hydrogens (tertiary/aromatic N) is 3. The molecule has 19 heavy (non-hydrogen) atoms. The van der Waals surface area contributed by atoms with Crippen molar-refractivity contribution in [1.82, 2.24) is 15.5 Å². The lowest BCUT2D eigenvalue weighted by atomic mass is 9.94. The molecule has 5 heteroatoms. The van der Waals surface area contributed by atoms with Crippen molar-refractivity contribution < 1.29 is 4.42 Å². The lowest BCUT2D eigenvalue weighted by Gasteiger charge is -2.31. The van der Waals surface area contributed by atoms with Crippen molar-refractivity contribution in [2.45, 2.75) is 65.0 Å². The van der Waals surface area contributed by atoms with Gasteiger partial charge in [-0.1, -0.05) is 31.3 Å². The van der Waals surface area contributed by atoms with E-state index in [-0.39, 0.29) is 6.04 Å². The van der Waals surface area contributed by atoms with E-state index < -0.39 is 0 Å². The number of hydrogen-bond acceptors (Lipinski definition) is 5. The van der Waals surface area contributed by atoms with Gasteiger partial charge in [0, 0.05) is 12.6 Å². The molecule has 1 aromatic heterocycles. The van der Waals surface area contributed by atoms with E-state index in [0.29, 0.717) is 17.9 Å². The summed E-state index contributed by atoms with van der Waals surface area (Å²) in [4.78, 5) is 2.27. The van der Waals surface area contributed by atoms with Crippen molar-refractivity contribution in [2.75, 3.05) is 18.0 Å². The van der Waals surface area contributed by atoms with Gasteiger partial charge in [-0.3, -0.25) is 0 Å². The average Bonchev–Trinajstić information content (AvgIpc) is 2.91. The van der Waals surface area contributed by atoms with E-state index in [2.05, 4.69) is 41.2 Å². The number of rotatable bonds is 6. The van der Waals surface area contributed by atoms with Crippen LogP contribution in [0.1, 0.15) is 64.8 Å². The van der Waals surface area contributed by atoms with E-state index in [1.54, 1.807) is 0 Å². The van der Waals surface area contributed by atoms with Crippen molar-refractivity contribution in [3.05, 3.63) is 5.89 Å². The van der Waals surface area contributed by atoms with Crippen LogP contribution in [0.5, 0.6) is 0 Å². The van der Waals surface area contributed by atoms with E-state index in [0.717, 1.165) is 13.1 Å². The first-order valence-corrected chi connectivity index (χ1v) is 7.59. The molecule has 5 nitrogen and oxygen atoms in total. The number of anilines is 1. The molecule has 1 aromatic rings. The van der Waals surface area contributed by atoms with Crippen molar-refractivity contribution in [3.63, 3.8) is 0 Å². The van der Waals surface area contributed by atoms with Crippen molar-refractivity contribution in [2.24, 2.45) is 0 Å². The highest BCUT2D eigenvalue weighted by atomic mass is 16.4. The molecule has 108 valence electrons. The zero-order valence-corrected chi connectivity index (χ0v) is 12.4. The highest BCUT2D eigenvalue weighted by Crippen LogP contribution is 2.27. The summed E-state index contributed by atoms with van der Waals surface area (Å²) in [5.74, 6) is 0.686. The second kappa shape index (κ2) is 6.89. The first kappa shape index (κ1) is 14.3. The minimum absolute atomic E-state index is 0.122. The van der Waals surface area contributed by atoms with E-state index in [4.69, 9.17) is 4.42 Å². The van der Waals surface area contributed by atoms with Crippen LogP contribution in [0.25, 0.3) is 0 Å². The Morgan fingerprint density at radius 2 is 2.00 bits per heavy atom. The molecule has 1 aliphatic rings. The molecule has 0 spiro atoms. The van der Waals surface area contributed by atoms with Crippen LogP contribution in [0.4, 0.5) is 6.01 Å². The maximum absolute atomic E-state index is 5.85. The molecule has 0 aromatic carbocycles. The van der Waals surface area contributed by atoms with Gasteiger partial charge in [0.1, 0.15) is 0 Å². The maximum Gasteiger partial charge on any atom is 0.318 e. The second-order valence-electron chi connectivity index (χ2n) is 5.28. The zero-order valence-electron chi connectivity index (χ0n) is 12.4. The lowest BCUT2D eigenvalue weighted by Crippen LogP contribution is -2.36. The van der Waals surface area contributed by atoms with Gasteiger partial charge in [-0.2, -0.15) is 0 Å². The first-order valence-electron chi connectivity index (χ1n) is 7.59. The standard InChI is InChI=1S/C14H26N4O/c1-4-15-11(3)13-16-17-14(19-13)18(5-2)12-9-7-6-8-10-12/h11-12,15H,4-10H2,1-3H3. The summed E-state index contributed by atoms with van der Waals surface area (Å²) >= 11 is 0. The van der Waals surface area contributed by atoms with Crippen LogP contribution in [0.3, 0.4) is 0 Å². The molecule has 1 fully saturated rings. The summed E-state index contributed by atoms with van der Waals surface area (Å²) in [6, 6.07) is 1.38. The van der Waals surface area contributed by atoms with Crippen LogP contribution in [-0.4, -0.2) is 29.3 Å². The molecular weight excluding hydrogens is 240 g/mol. The van der Waals surface area contributed by atoms with Gasteiger partial charge >= 0.3 is 6.01 Å². The Hall–Kier alpha value is -1.10. The molecule has 2 rings (SSSR count). The van der Waals surface area contributed by atoms with Gasteiger partial charge < -0.3 is 14.6 Å². The molecule has 0 aliphatic heterocycles. The summed E-state index contributed by atoms with van der Waals surface area (Å²) < 4.78 is 5.85. The van der Waals surface area contributed by atoms with Crippen LogP contribution in [0.2, 0.25) is 0 Å². The monoisotopic (exact) mass is 266 g/mol. The van der Waals surface area contributed by atoms with Crippen molar-refractivity contribution in [1.29, 1.82) is 0 Å². The van der Waals surface area contributed by atoms with Crippen LogP contribution in [0, 0.1) is 0 Å². The van der Waals surface area contributed by atoms with Gasteiger partial charge in [0.25, 0.3) is 0 Å².